The second kappa shape index (κ2) is 3.52. The highest BCUT2D eigenvalue weighted by molar-refractivity contribution is 4.97. The molecule has 1 fully saturated rings. The molecule has 14 heavy (non-hydrogen) atoms. The van der Waals surface area contributed by atoms with Gasteiger partial charge in [0.25, 0.3) is 0 Å². The Labute approximate surface area is 88.9 Å². The zero-order valence-corrected chi connectivity index (χ0v) is 10.5. The Kier molecular flexibility index (Phi) is 3.02. The van der Waals surface area contributed by atoms with E-state index in [1.807, 2.05) is 0 Å². The maximum atomic E-state index is 10.5. The Balaban J connectivity index is 2.80. The third-order valence-electron chi connectivity index (χ3n) is 3.29. The zero-order chi connectivity index (χ0) is 11.0. The van der Waals surface area contributed by atoms with Crippen molar-refractivity contribution in [3.05, 3.63) is 0 Å². The van der Waals surface area contributed by atoms with Gasteiger partial charge in [-0.2, -0.15) is 0 Å². The van der Waals surface area contributed by atoms with Gasteiger partial charge >= 0.3 is 0 Å². The Morgan fingerprint density at radius 1 is 0.929 bits per heavy atom. The average Bonchev–Trinajstić information content (AvgIpc) is 1.75. The number of rotatable bonds is 2. The van der Waals surface area contributed by atoms with Crippen molar-refractivity contribution in [2.75, 3.05) is 0 Å². The van der Waals surface area contributed by atoms with Crippen LogP contribution in [0.25, 0.3) is 0 Å². The monoisotopic (exact) mass is 198 g/mol. The number of hydrogen-bond donors (Lipinski definition) is 1. The average molecular weight is 198 g/mol. The first kappa shape index (κ1) is 12.0. The molecule has 1 nitrogen and oxygen atoms in total. The van der Waals surface area contributed by atoms with Gasteiger partial charge in [-0.3, -0.25) is 0 Å². The third-order valence-corrected chi connectivity index (χ3v) is 3.29. The van der Waals surface area contributed by atoms with Crippen LogP contribution in [0.4, 0.5) is 0 Å². The van der Waals surface area contributed by atoms with Gasteiger partial charge in [-0.15, -0.1) is 0 Å². The summed E-state index contributed by atoms with van der Waals surface area (Å²) in [6.07, 6.45) is 5.21. The minimum absolute atomic E-state index is 0.297. The molecule has 1 aliphatic carbocycles. The smallest absolute Gasteiger partial charge is 0.0657 e. The fourth-order valence-corrected chi connectivity index (χ4v) is 3.91. The van der Waals surface area contributed by atoms with Crippen LogP contribution in [0.5, 0.6) is 0 Å². The maximum Gasteiger partial charge on any atom is 0.0657 e. The van der Waals surface area contributed by atoms with Gasteiger partial charge in [0.2, 0.25) is 0 Å². The molecular weight excluding hydrogens is 172 g/mol. The first-order chi connectivity index (χ1) is 6.18. The van der Waals surface area contributed by atoms with Crippen molar-refractivity contribution in [3.8, 4) is 0 Å². The molecule has 1 heteroatoms. The molecule has 0 aromatic rings. The van der Waals surface area contributed by atoms with E-state index in [9.17, 15) is 5.11 Å². The summed E-state index contributed by atoms with van der Waals surface area (Å²) in [7, 11) is 0. The van der Waals surface area contributed by atoms with Gasteiger partial charge in [-0.1, -0.05) is 41.0 Å². The van der Waals surface area contributed by atoms with E-state index < -0.39 is 5.60 Å². The first-order valence-electron chi connectivity index (χ1n) is 5.91. The first-order valence-corrected chi connectivity index (χ1v) is 5.91. The highest BCUT2D eigenvalue weighted by Crippen LogP contribution is 2.51. The van der Waals surface area contributed by atoms with Gasteiger partial charge in [0.1, 0.15) is 0 Å². The second-order valence-electron chi connectivity index (χ2n) is 6.83. The summed E-state index contributed by atoms with van der Waals surface area (Å²) in [4.78, 5) is 0. The fourth-order valence-electron chi connectivity index (χ4n) is 3.91. The molecule has 0 atom stereocenters. The molecular formula is C13H26O. The summed E-state index contributed by atoms with van der Waals surface area (Å²) in [5.74, 6) is 0. The van der Waals surface area contributed by atoms with Crippen molar-refractivity contribution in [1.29, 1.82) is 0 Å². The highest BCUT2D eigenvalue weighted by atomic mass is 16.3. The van der Waals surface area contributed by atoms with Crippen LogP contribution in [0.1, 0.15) is 66.7 Å². The van der Waals surface area contributed by atoms with E-state index in [0.29, 0.717) is 10.8 Å². The quantitative estimate of drug-likeness (QED) is 0.716. The molecule has 0 aromatic heterocycles. The number of hydrogen-bond acceptors (Lipinski definition) is 1. The van der Waals surface area contributed by atoms with Gasteiger partial charge in [-0.05, 0) is 36.5 Å². The van der Waals surface area contributed by atoms with E-state index in [-0.39, 0.29) is 0 Å². The molecule has 0 unspecified atom stereocenters. The third kappa shape index (κ3) is 2.98. The lowest BCUT2D eigenvalue weighted by Crippen LogP contribution is -2.45. The summed E-state index contributed by atoms with van der Waals surface area (Å²) < 4.78 is 0. The van der Waals surface area contributed by atoms with Gasteiger partial charge < -0.3 is 5.11 Å². The highest BCUT2D eigenvalue weighted by Gasteiger charge is 2.45. The van der Waals surface area contributed by atoms with E-state index in [4.69, 9.17) is 0 Å². The van der Waals surface area contributed by atoms with Crippen molar-refractivity contribution in [3.63, 3.8) is 0 Å². The normalized spacial score (nSPS) is 28.7. The molecule has 0 aromatic carbocycles. The number of aliphatic hydroxyl groups is 1. The minimum atomic E-state index is -0.403. The SMILES string of the molecule is CCCC1(O)CC(C)(C)CC(C)(C)C1. The lowest BCUT2D eigenvalue weighted by atomic mass is 9.59. The van der Waals surface area contributed by atoms with Crippen molar-refractivity contribution in [2.45, 2.75) is 72.3 Å². The largest absolute Gasteiger partial charge is 0.390 e. The van der Waals surface area contributed by atoms with Crippen molar-refractivity contribution in [2.24, 2.45) is 10.8 Å². The summed E-state index contributed by atoms with van der Waals surface area (Å²) in [5, 5.41) is 10.5. The Bertz CT molecular complexity index is 187. The molecule has 1 rings (SSSR count). The van der Waals surface area contributed by atoms with Gasteiger partial charge in [0.15, 0.2) is 0 Å². The lowest BCUT2D eigenvalue weighted by Gasteiger charge is -2.49. The molecule has 1 saturated carbocycles. The minimum Gasteiger partial charge on any atom is -0.390 e. The Morgan fingerprint density at radius 3 is 1.71 bits per heavy atom. The lowest BCUT2D eigenvalue weighted by molar-refractivity contribution is -0.0907. The topological polar surface area (TPSA) is 20.2 Å². The van der Waals surface area contributed by atoms with Crippen molar-refractivity contribution >= 4 is 0 Å². The van der Waals surface area contributed by atoms with Crippen LogP contribution >= 0.6 is 0 Å². The molecule has 1 N–H and O–H groups in total. The van der Waals surface area contributed by atoms with Crippen LogP contribution in [0.2, 0.25) is 0 Å². The maximum absolute atomic E-state index is 10.5. The van der Waals surface area contributed by atoms with Gasteiger partial charge in [0, 0.05) is 0 Å². The second-order valence-corrected chi connectivity index (χ2v) is 6.83. The Hall–Kier alpha value is -0.0400. The molecule has 0 bridgehead atoms. The molecule has 0 amide bonds. The molecule has 0 spiro atoms. The van der Waals surface area contributed by atoms with E-state index in [0.717, 1.165) is 25.7 Å². The predicted molar refractivity (Wildman–Crippen MR) is 61.3 cm³/mol. The summed E-state index contributed by atoms with van der Waals surface area (Å²) in [6.45, 7) is 11.3. The van der Waals surface area contributed by atoms with Crippen LogP contribution in [-0.4, -0.2) is 10.7 Å². The van der Waals surface area contributed by atoms with Gasteiger partial charge in [0.05, 0.1) is 5.60 Å². The molecule has 0 saturated heterocycles. The van der Waals surface area contributed by atoms with Crippen LogP contribution < -0.4 is 0 Å². The molecule has 1 aliphatic rings. The van der Waals surface area contributed by atoms with Crippen molar-refractivity contribution in [1.82, 2.24) is 0 Å². The van der Waals surface area contributed by atoms with E-state index in [1.54, 1.807) is 0 Å². The fraction of sp³-hybridized carbons (Fsp3) is 1.00. The zero-order valence-electron chi connectivity index (χ0n) is 10.5. The molecule has 0 heterocycles. The van der Waals surface area contributed by atoms with E-state index >= 15 is 0 Å². The van der Waals surface area contributed by atoms with E-state index in [1.165, 1.54) is 6.42 Å². The van der Waals surface area contributed by atoms with Crippen LogP contribution in [-0.2, 0) is 0 Å². The molecule has 84 valence electrons. The van der Waals surface area contributed by atoms with Crippen LogP contribution in [0.15, 0.2) is 0 Å². The van der Waals surface area contributed by atoms with Crippen LogP contribution in [0.3, 0.4) is 0 Å². The Morgan fingerprint density at radius 2 is 1.36 bits per heavy atom. The molecule has 0 aliphatic heterocycles. The molecule has 0 radical (unpaired) electrons. The summed E-state index contributed by atoms with van der Waals surface area (Å²) in [5.41, 5.74) is 0.192. The van der Waals surface area contributed by atoms with Crippen LogP contribution in [0, 0.1) is 10.8 Å². The summed E-state index contributed by atoms with van der Waals surface area (Å²) >= 11 is 0. The van der Waals surface area contributed by atoms with E-state index in [2.05, 4.69) is 34.6 Å². The summed E-state index contributed by atoms with van der Waals surface area (Å²) in [6, 6.07) is 0. The standard InChI is InChI=1S/C13H26O/c1-6-7-13(14)9-11(2,3)8-12(4,5)10-13/h14H,6-10H2,1-5H3. The predicted octanol–water partition coefficient (Wildman–Crippen LogP) is 3.75. The van der Waals surface area contributed by atoms with Crippen molar-refractivity contribution < 1.29 is 5.11 Å². The van der Waals surface area contributed by atoms with Gasteiger partial charge in [-0.25, -0.2) is 0 Å².